The second-order valence-corrected chi connectivity index (χ2v) is 12.6. The van der Waals surface area contributed by atoms with E-state index in [4.69, 9.17) is 9.47 Å². The van der Waals surface area contributed by atoms with E-state index >= 15 is 0 Å². The minimum absolute atomic E-state index is 0.0864. The lowest BCUT2D eigenvalue weighted by Crippen LogP contribution is -2.73. The van der Waals surface area contributed by atoms with Crippen LogP contribution in [0.5, 0.6) is 0 Å². The predicted molar refractivity (Wildman–Crippen MR) is 126 cm³/mol. The maximum absolute atomic E-state index is 12.4. The third kappa shape index (κ3) is 4.21. The summed E-state index contributed by atoms with van der Waals surface area (Å²) in [4.78, 5) is 0. The van der Waals surface area contributed by atoms with Crippen molar-refractivity contribution in [1.82, 2.24) is 0 Å². The number of allylic oxidation sites excluding steroid dienone is 1. The average Bonchev–Trinajstić information content (AvgIpc) is 2.79. The summed E-state index contributed by atoms with van der Waals surface area (Å²) in [5.74, 6) is -0.766. The normalized spacial score (nSPS) is 53.9. The van der Waals surface area contributed by atoms with Crippen LogP contribution in [0.4, 0.5) is 0 Å². The van der Waals surface area contributed by atoms with E-state index in [2.05, 4.69) is 20.4 Å². The van der Waals surface area contributed by atoms with Gasteiger partial charge in [-0.05, 0) is 48.9 Å². The Bertz CT molecular complexity index is 789. The molecule has 9 nitrogen and oxygen atoms in total. The van der Waals surface area contributed by atoms with Crippen LogP contribution in [0.1, 0.15) is 59.3 Å². The highest BCUT2D eigenvalue weighted by atomic mass is 16.7. The smallest absolute Gasteiger partial charge is 0.187 e. The Kier molecular flexibility index (Phi) is 7.28. The molecule has 12 atom stereocenters. The van der Waals surface area contributed by atoms with Crippen molar-refractivity contribution in [2.75, 3.05) is 13.2 Å². The van der Waals surface area contributed by atoms with E-state index in [0.29, 0.717) is 19.3 Å². The van der Waals surface area contributed by atoms with Crippen LogP contribution < -0.4 is 0 Å². The number of fused-ring (bicyclic) bond motifs is 3. The van der Waals surface area contributed by atoms with Gasteiger partial charge in [0, 0.05) is 17.9 Å². The second kappa shape index (κ2) is 9.29. The van der Waals surface area contributed by atoms with Crippen LogP contribution >= 0.6 is 0 Å². The summed E-state index contributed by atoms with van der Waals surface area (Å²) in [6.45, 7) is 9.38. The van der Waals surface area contributed by atoms with E-state index < -0.39 is 71.9 Å². The molecule has 35 heavy (non-hydrogen) atoms. The molecule has 0 aromatic carbocycles. The minimum Gasteiger partial charge on any atom is -0.396 e. The summed E-state index contributed by atoms with van der Waals surface area (Å²) in [6, 6.07) is 0. The van der Waals surface area contributed by atoms with Gasteiger partial charge < -0.3 is 45.2 Å². The molecule has 0 spiro atoms. The first-order chi connectivity index (χ1) is 16.3. The van der Waals surface area contributed by atoms with Gasteiger partial charge in [0.1, 0.15) is 24.4 Å². The Morgan fingerprint density at radius 3 is 2.31 bits per heavy atom. The fraction of sp³-hybridized carbons (Fsp3) is 0.923. The van der Waals surface area contributed by atoms with E-state index in [-0.39, 0.29) is 24.4 Å². The van der Waals surface area contributed by atoms with Crippen molar-refractivity contribution in [2.45, 2.75) is 108 Å². The molecule has 7 N–H and O–H groups in total. The highest BCUT2D eigenvalue weighted by molar-refractivity contribution is 5.20. The van der Waals surface area contributed by atoms with Gasteiger partial charge in [-0.15, -0.1) is 6.58 Å². The molecule has 3 aliphatic carbocycles. The predicted octanol–water partition coefficient (Wildman–Crippen LogP) is 0.0745. The van der Waals surface area contributed by atoms with Gasteiger partial charge in [0.15, 0.2) is 6.29 Å². The molecule has 4 rings (SSSR count). The first-order valence-electron chi connectivity index (χ1n) is 12.9. The number of rotatable bonds is 5. The Morgan fingerprint density at radius 1 is 1.03 bits per heavy atom. The first-order valence-corrected chi connectivity index (χ1v) is 12.9. The van der Waals surface area contributed by atoms with Crippen molar-refractivity contribution in [3.05, 3.63) is 12.7 Å². The molecule has 0 aromatic rings. The third-order valence-electron chi connectivity index (χ3n) is 9.95. The molecule has 0 aromatic heterocycles. The highest BCUT2D eigenvalue weighted by Crippen LogP contribution is 2.67. The fourth-order valence-corrected chi connectivity index (χ4v) is 8.25. The van der Waals surface area contributed by atoms with E-state index in [1.54, 1.807) is 6.08 Å². The lowest BCUT2D eigenvalue weighted by molar-refractivity contribution is -0.356. The van der Waals surface area contributed by atoms with Gasteiger partial charge in [0.05, 0.1) is 24.4 Å². The largest absolute Gasteiger partial charge is 0.396 e. The van der Waals surface area contributed by atoms with Gasteiger partial charge in [-0.3, -0.25) is 0 Å². The number of aliphatic hydroxyl groups is 7. The van der Waals surface area contributed by atoms with Crippen LogP contribution in [-0.2, 0) is 9.47 Å². The molecule has 202 valence electrons. The summed E-state index contributed by atoms with van der Waals surface area (Å²) in [5, 5.41) is 75.4. The van der Waals surface area contributed by atoms with E-state index in [0.717, 1.165) is 12.8 Å². The van der Waals surface area contributed by atoms with Crippen LogP contribution in [0, 0.1) is 28.1 Å². The summed E-state index contributed by atoms with van der Waals surface area (Å²) in [7, 11) is 0. The standard InChI is InChI=1S/C26H44O9/c1-5-24(4)10-14(29)21-25(13-28)8-6-7-23(2,3)16(25)9-17(26(21,33)12-24)35-22-20(32)19(31)18(30)15(11-27)34-22/h5,14-22,27-33H,1,6-13H2,2-4H3. The summed E-state index contributed by atoms with van der Waals surface area (Å²) >= 11 is 0. The molecular weight excluding hydrogens is 456 g/mol. The molecule has 1 aliphatic heterocycles. The van der Waals surface area contributed by atoms with Crippen molar-refractivity contribution < 1.29 is 45.2 Å². The Labute approximate surface area is 207 Å². The summed E-state index contributed by atoms with van der Waals surface area (Å²) < 4.78 is 11.9. The summed E-state index contributed by atoms with van der Waals surface area (Å²) in [6.07, 6.45) is -3.86. The zero-order chi connectivity index (χ0) is 26.0. The number of aliphatic hydroxyl groups excluding tert-OH is 6. The van der Waals surface area contributed by atoms with Crippen LogP contribution in [0.25, 0.3) is 0 Å². The maximum Gasteiger partial charge on any atom is 0.187 e. The van der Waals surface area contributed by atoms with Crippen LogP contribution in [0.2, 0.25) is 0 Å². The molecule has 4 fully saturated rings. The minimum atomic E-state index is -1.60. The van der Waals surface area contributed by atoms with Crippen molar-refractivity contribution in [1.29, 1.82) is 0 Å². The van der Waals surface area contributed by atoms with Crippen LogP contribution in [0.15, 0.2) is 12.7 Å². The van der Waals surface area contributed by atoms with Gasteiger partial charge in [-0.25, -0.2) is 0 Å². The molecule has 1 saturated heterocycles. The molecule has 4 aliphatic rings. The van der Waals surface area contributed by atoms with Gasteiger partial charge in [-0.1, -0.05) is 33.3 Å². The summed E-state index contributed by atoms with van der Waals surface area (Å²) in [5.41, 5.74) is -3.06. The fourth-order valence-electron chi connectivity index (χ4n) is 8.25. The van der Waals surface area contributed by atoms with Gasteiger partial charge in [-0.2, -0.15) is 0 Å². The van der Waals surface area contributed by atoms with Gasteiger partial charge in [0.2, 0.25) is 0 Å². The first kappa shape index (κ1) is 27.4. The molecule has 12 unspecified atom stereocenters. The zero-order valence-corrected chi connectivity index (χ0v) is 21.1. The maximum atomic E-state index is 12.4. The molecule has 0 radical (unpaired) electrons. The second-order valence-electron chi connectivity index (χ2n) is 12.6. The van der Waals surface area contributed by atoms with Crippen molar-refractivity contribution in [3.63, 3.8) is 0 Å². The Balaban J connectivity index is 1.77. The van der Waals surface area contributed by atoms with Gasteiger partial charge >= 0.3 is 0 Å². The molecule has 9 heteroatoms. The molecule has 0 amide bonds. The number of hydrogen-bond donors (Lipinski definition) is 7. The molecule has 3 saturated carbocycles. The topological polar surface area (TPSA) is 160 Å². The molecule has 0 bridgehead atoms. The monoisotopic (exact) mass is 500 g/mol. The number of ether oxygens (including phenoxy) is 2. The average molecular weight is 501 g/mol. The van der Waals surface area contributed by atoms with Crippen molar-refractivity contribution in [2.24, 2.45) is 28.1 Å². The lowest BCUT2D eigenvalue weighted by atomic mass is 9.40. The lowest BCUT2D eigenvalue weighted by Gasteiger charge is -2.68. The Hall–Kier alpha value is -0.620. The van der Waals surface area contributed by atoms with Crippen LogP contribution in [0.3, 0.4) is 0 Å². The van der Waals surface area contributed by atoms with Crippen LogP contribution in [-0.4, -0.2) is 97.5 Å². The van der Waals surface area contributed by atoms with E-state index in [1.165, 1.54) is 0 Å². The van der Waals surface area contributed by atoms with Crippen molar-refractivity contribution in [3.8, 4) is 0 Å². The molecular formula is C26H44O9. The quantitative estimate of drug-likeness (QED) is 0.205. The molecule has 1 heterocycles. The SMILES string of the molecule is C=CC1(C)CC(O)C2C(O)(C1)C(OC1OC(CO)C(O)C(O)C1O)CC1C(C)(C)CCCC12CO. The highest BCUT2D eigenvalue weighted by Gasteiger charge is 2.70. The van der Waals surface area contributed by atoms with Gasteiger partial charge in [0.25, 0.3) is 0 Å². The zero-order valence-electron chi connectivity index (χ0n) is 21.1. The van der Waals surface area contributed by atoms with E-state index in [1.807, 2.05) is 6.92 Å². The third-order valence-corrected chi connectivity index (χ3v) is 9.95. The van der Waals surface area contributed by atoms with Crippen molar-refractivity contribution >= 4 is 0 Å². The Morgan fingerprint density at radius 2 is 1.71 bits per heavy atom. The number of hydrogen-bond acceptors (Lipinski definition) is 9. The van der Waals surface area contributed by atoms with E-state index in [9.17, 15) is 35.7 Å².